The molecule has 0 aliphatic heterocycles. The van der Waals surface area contributed by atoms with E-state index < -0.39 is 0 Å². The van der Waals surface area contributed by atoms with E-state index in [4.69, 9.17) is 9.47 Å². The van der Waals surface area contributed by atoms with Gasteiger partial charge in [-0.3, -0.25) is 4.79 Å². The lowest BCUT2D eigenvalue weighted by atomic mass is 10.3. The maximum absolute atomic E-state index is 12.2. The van der Waals surface area contributed by atoms with Crippen LogP contribution in [0.3, 0.4) is 0 Å². The Morgan fingerprint density at radius 3 is 2.28 bits per heavy atom. The largest absolute Gasteiger partial charge is 0.497 e. The van der Waals surface area contributed by atoms with Gasteiger partial charge in [-0.2, -0.15) is 4.98 Å². The number of ether oxygens (including phenoxy) is 2. The Morgan fingerprint density at radius 2 is 1.72 bits per heavy atom. The minimum Gasteiger partial charge on any atom is -0.497 e. The Hall–Kier alpha value is -3.03. The molecule has 1 aromatic heterocycles. The van der Waals surface area contributed by atoms with Crippen molar-refractivity contribution < 1.29 is 14.3 Å². The van der Waals surface area contributed by atoms with Gasteiger partial charge in [0, 0.05) is 28.2 Å². The number of methoxy groups -OCH3 is 1. The van der Waals surface area contributed by atoms with Crippen molar-refractivity contribution >= 4 is 23.4 Å². The summed E-state index contributed by atoms with van der Waals surface area (Å²) in [6, 6.07) is 7.02. The summed E-state index contributed by atoms with van der Waals surface area (Å²) < 4.78 is 10.6. The quantitative estimate of drug-likeness (QED) is 0.817. The number of aromatic nitrogens is 2. The molecule has 0 saturated carbocycles. The second-order valence-corrected chi connectivity index (χ2v) is 5.71. The Kier molecular flexibility index (Phi) is 5.99. The van der Waals surface area contributed by atoms with E-state index in [0.29, 0.717) is 23.2 Å². The van der Waals surface area contributed by atoms with Gasteiger partial charge >= 0.3 is 0 Å². The van der Waals surface area contributed by atoms with Gasteiger partial charge in [-0.1, -0.05) is 0 Å². The summed E-state index contributed by atoms with van der Waals surface area (Å²) in [5, 5.41) is 2.78. The molecular weight excluding hydrogens is 322 g/mol. The molecule has 2 aromatic rings. The molecule has 0 bridgehead atoms. The van der Waals surface area contributed by atoms with E-state index in [9.17, 15) is 4.79 Å². The van der Waals surface area contributed by atoms with E-state index in [2.05, 4.69) is 15.3 Å². The number of nitrogens with zero attached hydrogens (tertiary/aromatic N) is 4. The molecule has 1 aromatic carbocycles. The highest BCUT2D eigenvalue weighted by Gasteiger charge is 2.13. The standard InChI is InChI=1S/C17H23N5O3/c1-21(2)16-14(10-18-17(20-16)22(3)4)19-15(23)11-25-13-8-6-12(24-5)7-9-13/h6-10H,11H2,1-5H3,(H,19,23). The molecule has 0 radical (unpaired) electrons. The van der Waals surface area contributed by atoms with Crippen LogP contribution in [0.25, 0.3) is 0 Å². The van der Waals surface area contributed by atoms with Crippen LogP contribution in [0.5, 0.6) is 11.5 Å². The van der Waals surface area contributed by atoms with Crippen LogP contribution in [0.4, 0.5) is 17.5 Å². The van der Waals surface area contributed by atoms with Crippen molar-refractivity contribution in [3.63, 3.8) is 0 Å². The zero-order valence-electron chi connectivity index (χ0n) is 15.1. The van der Waals surface area contributed by atoms with E-state index in [1.165, 1.54) is 0 Å². The Bertz CT molecular complexity index is 717. The topological polar surface area (TPSA) is 79.8 Å². The van der Waals surface area contributed by atoms with Gasteiger partial charge in [-0.05, 0) is 24.3 Å². The summed E-state index contributed by atoms with van der Waals surface area (Å²) in [6.45, 7) is -0.116. The predicted octanol–water partition coefficient (Wildman–Crippen LogP) is 1.63. The molecule has 134 valence electrons. The lowest BCUT2D eigenvalue weighted by Crippen LogP contribution is -2.24. The van der Waals surface area contributed by atoms with E-state index in [1.54, 1.807) is 42.5 Å². The zero-order chi connectivity index (χ0) is 18.4. The first-order chi connectivity index (χ1) is 11.9. The number of anilines is 3. The SMILES string of the molecule is COc1ccc(OCC(=O)Nc2cnc(N(C)C)nc2N(C)C)cc1. The number of carbonyl (C=O) groups is 1. The molecule has 8 nitrogen and oxygen atoms in total. The lowest BCUT2D eigenvalue weighted by molar-refractivity contribution is -0.118. The average molecular weight is 345 g/mol. The number of rotatable bonds is 7. The van der Waals surface area contributed by atoms with Gasteiger partial charge in [0.1, 0.15) is 17.2 Å². The highest BCUT2D eigenvalue weighted by molar-refractivity contribution is 5.94. The number of hydrogen-bond acceptors (Lipinski definition) is 7. The van der Waals surface area contributed by atoms with Crippen molar-refractivity contribution in [3.05, 3.63) is 30.5 Å². The van der Waals surface area contributed by atoms with E-state index in [1.807, 2.05) is 33.1 Å². The molecule has 2 rings (SSSR count). The summed E-state index contributed by atoms with van der Waals surface area (Å²) in [6.07, 6.45) is 1.59. The third kappa shape index (κ3) is 4.97. The van der Waals surface area contributed by atoms with Gasteiger partial charge in [-0.25, -0.2) is 4.98 Å². The Morgan fingerprint density at radius 1 is 1.08 bits per heavy atom. The van der Waals surface area contributed by atoms with E-state index in [-0.39, 0.29) is 12.5 Å². The fourth-order valence-electron chi connectivity index (χ4n) is 2.02. The molecule has 25 heavy (non-hydrogen) atoms. The molecule has 0 fully saturated rings. The maximum atomic E-state index is 12.2. The number of nitrogens with one attached hydrogen (secondary N) is 1. The smallest absolute Gasteiger partial charge is 0.262 e. The highest BCUT2D eigenvalue weighted by atomic mass is 16.5. The molecule has 0 aliphatic carbocycles. The molecular formula is C17H23N5O3. The molecule has 0 atom stereocenters. The van der Waals surface area contributed by atoms with Crippen molar-refractivity contribution in [3.8, 4) is 11.5 Å². The van der Waals surface area contributed by atoms with Gasteiger partial charge in [0.25, 0.3) is 5.91 Å². The Labute approximate surface area is 147 Å². The molecule has 8 heteroatoms. The average Bonchev–Trinajstić information content (AvgIpc) is 2.60. The van der Waals surface area contributed by atoms with Crippen molar-refractivity contribution in [1.82, 2.24) is 9.97 Å². The van der Waals surface area contributed by atoms with Crippen LogP contribution in [0, 0.1) is 0 Å². The highest BCUT2D eigenvalue weighted by Crippen LogP contribution is 2.23. The third-order valence-electron chi connectivity index (χ3n) is 3.28. The molecule has 1 N–H and O–H groups in total. The van der Waals surface area contributed by atoms with E-state index in [0.717, 1.165) is 5.75 Å². The molecule has 1 heterocycles. The summed E-state index contributed by atoms with van der Waals surface area (Å²) in [4.78, 5) is 24.4. The minimum absolute atomic E-state index is 0.116. The fourth-order valence-corrected chi connectivity index (χ4v) is 2.02. The molecule has 1 amide bonds. The first-order valence-electron chi connectivity index (χ1n) is 7.69. The number of hydrogen-bond donors (Lipinski definition) is 1. The van der Waals surface area contributed by atoms with Gasteiger partial charge in [-0.15, -0.1) is 0 Å². The minimum atomic E-state index is -0.292. The van der Waals surface area contributed by atoms with Crippen molar-refractivity contribution in [2.45, 2.75) is 0 Å². The third-order valence-corrected chi connectivity index (χ3v) is 3.28. The van der Waals surface area contributed by atoms with Crippen LogP contribution in [0.15, 0.2) is 30.5 Å². The first-order valence-corrected chi connectivity index (χ1v) is 7.69. The van der Waals surface area contributed by atoms with Gasteiger partial charge < -0.3 is 24.6 Å². The molecule has 0 spiro atoms. The maximum Gasteiger partial charge on any atom is 0.262 e. The number of benzene rings is 1. The number of carbonyl (C=O) groups excluding carboxylic acids is 1. The van der Waals surface area contributed by atoms with Gasteiger partial charge in [0.2, 0.25) is 5.95 Å². The van der Waals surface area contributed by atoms with Gasteiger partial charge in [0.05, 0.1) is 13.3 Å². The van der Waals surface area contributed by atoms with Crippen molar-refractivity contribution in [1.29, 1.82) is 0 Å². The first kappa shape index (κ1) is 18.3. The second-order valence-electron chi connectivity index (χ2n) is 5.71. The van der Waals surface area contributed by atoms with E-state index >= 15 is 0 Å². The molecule has 0 aliphatic rings. The van der Waals surface area contributed by atoms with Crippen LogP contribution >= 0.6 is 0 Å². The van der Waals surface area contributed by atoms with Crippen LogP contribution in [0.2, 0.25) is 0 Å². The monoisotopic (exact) mass is 345 g/mol. The van der Waals surface area contributed by atoms with Crippen LogP contribution in [-0.2, 0) is 4.79 Å². The second kappa shape index (κ2) is 8.18. The summed E-state index contributed by atoms with van der Waals surface area (Å²) in [5.74, 6) is 2.21. The normalized spacial score (nSPS) is 10.1. The summed E-state index contributed by atoms with van der Waals surface area (Å²) >= 11 is 0. The van der Waals surface area contributed by atoms with Crippen molar-refractivity contribution in [2.75, 3.05) is 57.0 Å². The summed E-state index contributed by atoms with van der Waals surface area (Å²) in [7, 11) is 9.01. The predicted molar refractivity (Wildman–Crippen MR) is 97.8 cm³/mol. The van der Waals surface area contributed by atoms with Crippen LogP contribution in [0.1, 0.15) is 0 Å². The van der Waals surface area contributed by atoms with Gasteiger partial charge in [0.15, 0.2) is 12.4 Å². The lowest BCUT2D eigenvalue weighted by Gasteiger charge is -2.19. The van der Waals surface area contributed by atoms with Crippen molar-refractivity contribution in [2.24, 2.45) is 0 Å². The molecule has 0 saturated heterocycles. The number of amides is 1. The fraction of sp³-hybridized carbons (Fsp3) is 0.353. The van der Waals surface area contributed by atoms with Crippen LogP contribution < -0.4 is 24.6 Å². The summed E-state index contributed by atoms with van der Waals surface area (Å²) in [5.41, 5.74) is 0.527. The zero-order valence-corrected chi connectivity index (χ0v) is 15.1. The molecule has 0 unspecified atom stereocenters. The van der Waals surface area contributed by atoms with Crippen LogP contribution in [-0.4, -0.2) is 57.8 Å². The Balaban J connectivity index is 2.01.